The number of rotatable bonds is 3. The normalized spacial score (nSPS) is 11.2. The molecule has 0 saturated carbocycles. The Kier molecular flexibility index (Phi) is 3.68. The molecule has 8 heteroatoms. The Hall–Kier alpha value is -3.94. The highest BCUT2D eigenvalue weighted by atomic mass is 15.3. The van der Waals surface area contributed by atoms with Gasteiger partial charge in [0.1, 0.15) is 11.6 Å². The van der Waals surface area contributed by atoms with Crippen LogP contribution in [0.4, 0.5) is 0 Å². The number of imidazole rings is 2. The van der Waals surface area contributed by atoms with Crippen LogP contribution in [-0.2, 0) is 0 Å². The van der Waals surface area contributed by atoms with Gasteiger partial charge < -0.3 is 0 Å². The van der Waals surface area contributed by atoms with Gasteiger partial charge in [0, 0.05) is 41.9 Å². The smallest absolute Gasteiger partial charge is 0.240 e. The van der Waals surface area contributed by atoms with E-state index in [4.69, 9.17) is 9.97 Å². The van der Waals surface area contributed by atoms with E-state index in [0.717, 1.165) is 28.1 Å². The fraction of sp³-hybridized carbons (Fsp3) is 0.100. The summed E-state index contributed by atoms with van der Waals surface area (Å²) in [5, 5.41) is 0.984. The second kappa shape index (κ2) is 6.34. The van der Waals surface area contributed by atoms with E-state index in [-0.39, 0.29) is 0 Å². The maximum atomic E-state index is 4.74. The third-order valence-corrected chi connectivity index (χ3v) is 4.58. The number of hydrogen-bond acceptors (Lipinski definition) is 6. The SMILES string of the molecule is Cc1nccn1-c1nc(-c2cccc3ncccc23)nc(-n2ccnc2C)n1. The van der Waals surface area contributed by atoms with E-state index in [2.05, 4.69) is 19.9 Å². The van der Waals surface area contributed by atoms with Gasteiger partial charge in [0.25, 0.3) is 0 Å². The number of aromatic nitrogens is 8. The first kappa shape index (κ1) is 16.2. The first-order chi connectivity index (χ1) is 13.7. The molecular formula is C20H16N8. The summed E-state index contributed by atoms with van der Waals surface area (Å²) in [6.45, 7) is 3.82. The van der Waals surface area contributed by atoms with Crippen molar-refractivity contribution >= 4 is 10.9 Å². The van der Waals surface area contributed by atoms with Crippen LogP contribution in [0.2, 0.25) is 0 Å². The lowest BCUT2D eigenvalue weighted by Gasteiger charge is -2.11. The molecule has 0 aliphatic carbocycles. The van der Waals surface area contributed by atoms with Gasteiger partial charge in [-0.2, -0.15) is 15.0 Å². The molecule has 4 aromatic heterocycles. The molecule has 1 aromatic carbocycles. The number of nitrogens with zero attached hydrogens (tertiary/aromatic N) is 8. The minimum Gasteiger partial charge on any atom is -0.272 e. The van der Waals surface area contributed by atoms with Gasteiger partial charge in [-0.3, -0.25) is 14.1 Å². The number of hydrogen-bond donors (Lipinski definition) is 0. The lowest BCUT2D eigenvalue weighted by atomic mass is 10.1. The average molecular weight is 368 g/mol. The standard InChI is InChI=1S/C20H16N8/c1-13-21-9-11-27(13)19-24-18(25-20(26-19)28-12-10-22-14(28)2)16-5-3-7-17-15(16)6-4-8-23-17/h3-12H,1-2H3. The van der Waals surface area contributed by atoms with Crippen LogP contribution in [0, 0.1) is 13.8 Å². The Bertz CT molecular complexity index is 1240. The number of benzene rings is 1. The molecule has 5 aromatic rings. The molecule has 0 aliphatic heterocycles. The predicted molar refractivity (Wildman–Crippen MR) is 104 cm³/mol. The largest absolute Gasteiger partial charge is 0.272 e. The van der Waals surface area contributed by atoms with Gasteiger partial charge in [-0.15, -0.1) is 0 Å². The van der Waals surface area contributed by atoms with Crippen molar-refractivity contribution in [2.45, 2.75) is 13.8 Å². The lowest BCUT2D eigenvalue weighted by Crippen LogP contribution is -2.11. The van der Waals surface area contributed by atoms with E-state index >= 15 is 0 Å². The number of aryl methyl sites for hydroxylation is 2. The summed E-state index contributed by atoms with van der Waals surface area (Å²) in [5.74, 6) is 3.17. The topological polar surface area (TPSA) is 87.2 Å². The molecule has 28 heavy (non-hydrogen) atoms. The van der Waals surface area contributed by atoms with Crippen LogP contribution in [0.25, 0.3) is 34.2 Å². The van der Waals surface area contributed by atoms with E-state index in [0.29, 0.717) is 17.7 Å². The Morgan fingerprint density at radius 2 is 1.36 bits per heavy atom. The van der Waals surface area contributed by atoms with Crippen molar-refractivity contribution in [3.05, 3.63) is 73.0 Å². The molecule has 0 aliphatic rings. The number of fused-ring (bicyclic) bond motifs is 1. The van der Waals surface area contributed by atoms with E-state index in [1.54, 1.807) is 18.6 Å². The van der Waals surface area contributed by atoms with Gasteiger partial charge in [0.2, 0.25) is 11.9 Å². The minimum absolute atomic E-state index is 0.504. The second-order valence-electron chi connectivity index (χ2n) is 6.32. The summed E-state index contributed by atoms with van der Waals surface area (Å²) in [6, 6.07) is 9.86. The minimum atomic E-state index is 0.504. The summed E-state index contributed by atoms with van der Waals surface area (Å²) in [6.07, 6.45) is 8.90. The van der Waals surface area contributed by atoms with Gasteiger partial charge in [-0.1, -0.05) is 18.2 Å². The van der Waals surface area contributed by atoms with Crippen LogP contribution in [0.5, 0.6) is 0 Å². The van der Waals surface area contributed by atoms with Gasteiger partial charge in [-0.25, -0.2) is 9.97 Å². The van der Waals surface area contributed by atoms with Crippen LogP contribution in [0.3, 0.4) is 0 Å². The van der Waals surface area contributed by atoms with Crippen LogP contribution < -0.4 is 0 Å². The molecule has 4 heterocycles. The summed E-state index contributed by atoms with van der Waals surface area (Å²) >= 11 is 0. The molecular weight excluding hydrogens is 352 g/mol. The molecule has 0 radical (unpaired) electrons. The second-order valence-corrected chi connectivity index (χ2v) is 6.32. The summed E-state index contributed by atoms with van der Waals surface area (Å²) < 4.78 is 3.68. The summed E-state index contributed by atoms with van der Waals surface area (Å²) in [4.78, 5) is 27.1. The Morgan fingerprint density at radius 3 is 1.96 bits per heavy atom. The fourth-order valence-corrected chi connectivity index (χ4v) is 3.17. The van der Waals surface area contributed by atoms with Crippen molar-refractivity contribution in [2.75, 3.05) is 0 Å². The first-order valence-electron chi connectivity index (χ1n) is 8.81. The molecule has 0 amide bonds. The Morgan fingerprint density at radius 1 is 0.679 bits per heavy atom. The molecule has 0 spiro atoms. The Labute approximate surface area is 160 Å². The Balaban J connectivity index is 1.80. The molecule has 0 N–H and O–H groups in total. The van der Waals surface area contributed by atoms with Crippen LogP contribution in [0.1, 0.15) is 11.6 Å². The van der Waals surface area contributed by atoms with Crippen molar-refractivity contribution in [2.24, 2.45) is 0 Å². The maximum absolute atomic E-state index is 4.74. The van der Waals surface area contributed by atoms with Gasteiger partial charge in [0.15, 0.2) is 5.82 Å². The van der Waals surface area contributed by atoms with Crippen LogP contribution >= 0.6 is 0 Å². The van der Waals surface area contributed by atoms with E-state index in [9.17, 15) is 0 Å². The van der Waals surface area contributed by atoms with Crippen molar-refractivity contribution in [3.63, 3.8) is 0 Å². The van der Waals surface area contributed by atoms with Gasteiger partial charge in [0.05, 0.1) is 5.52 Å². The highest BCUT2D eigenvalue weighted by molar-refractivity contribution is 5.92. The molecule has 0 saturated heterocycles. The van der Waals surface area contributed by atoms with E-state index < -0.39 is 0 Å². The highest BCUT2D eigenvalue weighted by Crippen LogP contribution is 2.26. The molecule has 0 atom stereocenters. The van der Waals surface area contributed by atoms with Crippen LogP contribution in [-0.4, -0.2) is 39.0 Å². The first-order valence-corrected chi connectivity index (χ1v) is 8.81. The molecule has 0 bridgehead atoms. The summed E-state index contributed by atoms with van der Waals surface area (Å²) in [7, 11) is 0. The maximum Gasteiger partial charge on any atom is 0.240 e. The lowest BCUT2D eigenvalue weighted by molar-refractivity contribution is 0.812. The van der Waals surface area contributed by atoms with E-state index in [1.165, 1.54) is 0 Å². The fourth-order valence-electron chi connectivity index (χ4n) is 3.17. The van der Waals surface area contributed by atoms with Gasteiger partial charge >= 0.3 is 0 Å². The third kappa shape index (κ3) is 2.62. The van der Waals surface area contributed by atoms with Crippen LogP contribution in [0.15, 0.2) is 61.3 Å². The zero-order valence-corrected chi connectivity index (χ0v) is 15.4. The molecule has 5 rings (SSSR count). The van der Waals surface area contributed by atoms with Crippen molar-refractivity contribution in [3.8, 4) is 23.3 Å². The molecule has 136 valence electrons. The molecule has 0 unspecified atom stereocenters. The highest BCUT2D eigenvalue weighted by Gasteiger charge is 2.15. The molecule has 0 fully saturated rings. The predicted octanol–water partition coefficient (Wildman–Crippen LogP) is 3.08. The molecule has 8 nitrogen and oxygen atoms in total. The van der Waals surface area contributed by atoms with Crippen molar-refractivity contribution in [1.82, 2.24) is 39.0 Å². The zero-order chi connectivity index (χ0) is 19.1. The van der Waals surface area contributed by atoms with Gasteiger partial charge in [-0.05, 0) is 26.0 Å². The van der Waals surface area contributed by atoms with Crippen molar-refractivity contribution < 1.29 is 0 Å². The zero-order valence-electron chi connectivity index (χ0n) is 15.4. The number of pyridine rings is 1. The average Bonchev–Trinajstić information content (AvgIpc) is 3.35. The summed E-state index contributed by atoms with van der Waals surface area (Å²) in [5.41, 5.74) is 1.78. The third-order valence-electron chi connectivity index (χ3n) is 4.58. The monoisotopic (exact) mass is 368 g/mol. The quantitative estimate of drug-likeness (QED) is 0.486. The van der Waals surface area contributed by atoms with Crippen molar-refractivity contribution in [1.29, 1.82) is 0 Å². The van der Waals surface area contributed by atoms with E-state index in [1.807, 2.05) is 65.7 Å².